The van der Waals surface area contributed by atoms with Gasteiger partial charge in [-0.25, -0.2) is 4.39 Å². The Labute approximate surface area is 196 Å². The molecule has 1 rings (SSSR count). The van der Waals surface area contributed by atoms with E-state index < -0.39 is 23.0 Å². The third-order valence-electron chi connectivity index (χ3n) is 5.80. The van der Waals surface area contributed by atoms with E-state index in [0.29, 0.717) is 28.9 Å². The highest BCUT2D eigenvalue weighted by Gasteiger charge is 2.31. The highest BCUT2D eigenvalue weighted by atomic mass is 19.4. The minimum absolute atomic E-state index is 0.405. The Morgan fingerprint density at radius 1 is 1.06 bits per heavy atom. The molecular formula is C28H35F4N. The summed E-state index contributed by atoms with van der Waals surface area (Å²) < 4.78 is 53.2. The molecule has 180 valence electrons. The number of rotatable bonds is 9. The Bertz CT molecular complexity index is 1030. The van der Waals surface area contributed by atoms with Crippen LogP contribution in [0.5, 0.6) is 0 Å². The van der Waals surface area contributed by atoms with E-state index in [1.807, 2.05) is 47.6 Å². The number of anilines is 1. The molecule has 1 nitrogen and oxygen atoms in total. The average Bonchev–Trinajstić information content (AvgIpc) is 2.67. The van der Waals surface area contributed by atoms with Crippen LogP contribution in [0.2, 0.25) is 0 Å². The maximum absolute atomic E-state index is 14.2. The Kier molecular flexibility index (Phi) is 9.29. The molecule has 1 N–H and O–H groups in total. The lowest BCUT2D eigenvalue weighted by atomic mass is 9.75. The minimum Gasteiger partial charge on any atom is -0.355 e. The van der Waals surface area contributed by atoms with Crippen molar-refractivity contribution >= 4 is 5.69 Å². The molecule has 1 aromatic rings. The summed E-state index contributed by atoms with van der Waals surface area (Å²) >= 11 is 0. The summed E-state index contributed by atoms with van der Waals surface area (Å²) in [5.74, 6) is -0.480. The fraction of sp³-hybridized carbons (Fsp3) is 0.357. The maximum atomic E-state index is 14.2. The fourth-order valence-electron chi connectivity index (χ4n) is 3.54. The third-order valence-corrected chi connectivity index (χ3v) is 5.80. The van der Waals surface area contributed by atoms with Crippen molar-refractivity contribution in [1.82, 2.24) is 0 Å². The maximum Gasteiger partial charge on any atom is 0.416 e. The summed E-state index contributed by atoms with van der Waals surface area (Å²) in [6.07, 6.45) is -0.310. The highest BCUT2D eigenvalue weighted by Crippen LogP contribution is 2.40. The standard InChI is InChI=1S/C28H35F4N/c1-11-18(4)14-23(21(7)29)16-27(9,10)20(6)26(17(2)3)22(8)33-25-13-12-24(15-19(25)5)28(30,31)32/h11-15,33H,2,7-8,16H2,1,3-6,9-10H3/b18-11-,23-14-,26-20+. The molecule has 0 unspecified atom stereocenters. The number of benzene rings is 1. The predicted molar refractivity (Wildman–Crippen MR) is 133 cm³/mol. The monoisotopic (exact) mass is 461 g/mol. The molecule has 0 saturated carbocycles. The van der Waals surface area contributed by atoms with Crippen LogP contribution in [0.3, 0.4) is 0 Å². The van der Waals surface area contributed by atoms with E-state index >= 15 is 0 Å². The molecule has 0 aliphatic heterocycles. The van der Waals surface area contributed by atoms with Crippen molar-refractivity contribution in [2.45, 2.75) is 61.1 Å². The summed E-state index contributed by atoms with van der Waals surface area (Å²) in [6, 6.07) is 3.54. The number of aryl methyl sites for hydroxylation is 1. The van der Waals surface area contributed by atoms with E-state index in [0.717, 1.165) is 34.4 Å². The Balaban J connectivity index is 3.38. The molecule has 0 saturated heterocycles. The molecule has 0 aromatic heterocycles. The SMILES string of the molecule is C=C(F)/C(=C\C(C)=C/C)CC(C)(C)/C(C)=C(\C(=C)C)C(=C)Nc1ccc(C(F)(F)F)cc1C. The molecule has 0 heterocycles. The van der Waals surface area contributed by atoms with Gasteiger partial charge >= 0.3 is 6.18 Å². The highest BCUT2D eigenvalue weighted by molar-refractivity contribution is 5.62. The lowest BCUT2D eigenvalue weighted by Gasteiger charge is -2.31. The Morgan fingerprint density at radius 3 is 2.06 bits per heavy atom. The normalized spacial score (nSPS) is 14.0. The van der Waals surface area contributed by atoms with Crippen LogP contribution in [-0.2, 0) is 6.18 Å². The van der Waals surface area contributed by atoms with Crippen molar-refractivity contribution in [3.63, 3.8) is 0 Å². The van der Waals surface area contributed by atoms with Crippen molar-refractivity contribution in [2.75, 3.05) is 5.32 Å². The zero-order valence-electron chi connectivity index (χ0n) is 20.7. The number of hydrogen-bond acceptors (Lipinski definition) is 1. The third kappa shape index (κ3) is 7.62. The van der Waals surface area contributed by atoms with Crippen molar-refractivity contribution < 1.29 is 17.6 Å². The van der Waals surface area contributed by atoms with Crippen LogP contribution in [0, 0.1) is 12.3 Å². The first-order valence-corrected chi connectivity index (χ1v) is 10.7. The first kappa shape index (κ1) is 28.2. The van der Waals surface area contributed by atoms with Gasteiger partial charge in [0, 0.05) is 11.4 Å². The van der Waals surface area contributed by atoms with E-state index in [9.17, 15) is 17.6 Å². The lowest BCUT2D eigenvalue weighted by molar-refractivity contribution is -0.137. The molecule has 0 amide bonds. The number of alkyl halides is 3. The largest absolute Gasteiger partial charge is 0.416 e. The van der Waals surface area contributed by atoms with Gasteiger partial charge in [0.05, 0.1) is 5.56 Å². The van der Waals surface area contributed by atoms with Crippen LogP contribution >= 0.6 is 0 Å². The summed E-state index contributed by atoms with van der Waals surface area (Å²) in [7, 11) is 0. The topological polar surface area (TPSA) is 12.0 Å². The van der Waals surface area contributed by atoms with Crippen molar-refractivity contribution in [3.8, 4) is 0 Å². The Hall–Kier alpha value is -2.82. The van der Waals surface area contributed by atoms with Gasteiger partial charge in [0.1, 0.15) is 5.83 Å². The second-order valence-electron chi connectivity index (χ2n) is 9.08. The minimum atomic E-state index is -4.40. The molecule has 0 radical (unpaired) electrons. The van der Waals surface area contributed by atoms with Crippen molar-refractivity contribution in [2.24, 2.45) is 5.41 Å². The smallest absolute Gasteiger partial charge is 0.355 e. The Morgan fingerprint density at radius 2 is 1.64 bits per heavy atom. The lowest BCUT2D eigenvalue weighted by Crippen LogP contribution is -2.19. The second-order valence-corrected chi connectivity index (χ2v) is 9.08. The quantitative estimate of drug-likeness (QED) is 0.285. The van der Waals surface area contributed by atoms with Crippen LogP contribution in [0.15, 0.2) is 89.5 Å². The first-order valence-electron chi connectivity index (χ1n) is 10.7. The van der Waals surface area contributed by atoms with Crippen LogP contribution in [0.1, 0.15) is 59.1 Å². The number of halogens is 4. The van der Waals surface area contributed by atoms with Crippen LogP contribution in [0.25, 0.3) is 0 Å². The number of allylic oxidation sites excluding steroid dienone is 7. The van der Waals surface area contributed by atoms with Crippen LogP contribution in [-0.4, -0.2) is 0 Å². The van der Waals surface area contributed by atoms with Gasteiger partial charge in [0.2, 0.25) is 0 Å². The van der Waals surface area contributed by atoms with Crippen LogP contribution in [0.4, 0.5) is 23.2 Å². The van der Waals surface area contributed by atoms with Gasteiger partial charge in [-0.2, -0.15) is 13.2 Å². The van der Waals surface area contributed by atoms with Gasteiger partial charge in [-0.05, 0) is 86.9 Å². The average molecular weight is 462 g/mol. The molecule has 0 spiro atoms. The van der Waals surface area contributed by atoms with Crippen molar-refractivity contribution in [3.05, 3.63) is 101 Å². The first-order chi connectivity index (χ1) is 15.0. The van der Waals surface area contributed by atoms with Crippen LogP contribution < -0.4 is 5.32 Å². The van der Waals surface area contributed by atoms with Gasteiger partial charge in [-0.15, -0.1) is 0 Å². The molecule has 0 fully saturated rings. The number of hydrogen-bond donors (Lipinski definition) is 1. The van der Waals surface area contributed by atoms with Crippen molar-refractivity contribution in [1.29, 1.82) is 0 Å². The molecule has 5 heteroatoms. The summed E-state index contributed by atoms with van der Waals surface area (Å²) in [5.41, 5.74) is 4.21. The van der Waals surface area contributed by atoms with Gasteiger partial charge < -0.3 is 5.32 Å². The van der Waals surface area contributed by atoms with Gasteiger partial charge in [-0.1, -0.05) is 56.9 Å². The van der Waals surface area contributed by atoms with E-state index in [-0.39, 0.29) is 0 Å². The fourth-order valence-corrected chi connectivity index (χ4v) is 3.54. The molecule has 0 atom stereocenters. The summed E-state index contributed by atoms with van der Waals surface area (Å²) in [5, 5.41) is 3.14. The van der Waals surface area contributed by atoms with E-state index in [4.69, 9.17) is 0 Å². The second kappa shape index (κ2) is 10.9. The number of nitrogens with one attached hydrogen (secondary N) is 1. The van der Waals surface area contributed by atoms with E-state index in [2.05, 4.69) is 25.1 Å². The molecule has 0 aliphatic carbocycles. The molecule has 1 aromatic carbocycles. The summed E-state index contributed by atoms with van der Waals surface area (Å²) in [6.45, 7) is 24.9. The molecular weight excluding hydrogens is 426 g/mol. The van der Waals surface area contributed by atoms with Gasteiger partial charge in [0.15, 0.2) is 0 Å². The summed E-state index contributed by atoms with van der Waals surface area (Å²) in [4.78, 5) is 0. The van der Waals surface area contributed by atoms with E-state index in [1.165, 1.54) is 6.07 Å². The predicted octanol–water partition coefficient (Wildman–Crippen LogP) is 9.62. The zero-order chi connectivity index (χ0) is 25.7. The zero-order valence-corrected chi connectivity index (χ0v) is 20.7. The van der Waals surface area contributed by atoms with E-state index in [1.54, 1.807) is 13.0 Å². The van der Waals surface area contributed by atoms with Gasteiger partial charge in [-0.3, -0.25) is 0 Å². The molecule has 0 aliphatic rings. The van der Waals surface area contributed by atoms with Gasteiger partial charge in [0.25, 0.3) is 0 Å². The molecule has 33 heavy (non-hydrogen) atoms. The molecule has 0 bridgehead atoms.